The summed E-state index contributed by atoms with van der Waals surface area (Å²) in [5, 5.41) is 11.9. The van der Waals surface area contributed by atoms with Crippen molar-refractivity contribution >= 4 is 17.7 Å². The third-order valence-electron chi connectivity index (χ3n) is 9.47. The highest BCUT2D eigenvalue weighted by atomic mass is 16.5. The predicted molar refractivity (Wildman–Crippen MR) is 105 cm³/mol. The maximum Gasteiger partial charge on any atom is 0.309 e. The van der Waals surface area contributed by atoms with Crippen molar-refractivity contribution in [2.24, 2.45) is 34.5 Å². The van der Waals surface area contributed by atoms with E-state index in [1.54, 1.807) is 6.92 Å². The van der Waals surface area contributed by atoms with Crippen LogP contribution in [0.25, 0.3) is 0 Å². The van der Waals surface area contributed by atoms with Gasteiger partial charge in [-0.2, -0.15) is 0 Å². The van der Waals surface area contributed by atoms with Gasteiger partial charge in [-0.25, -0.2) is 0 Å². The fraction of sp³-hybridized carbons (Fsp3) is 0.870. The topological polar surface area (TPSA) is 89.9 Å². The maximum absolute atomic E-state index is 13.5. The zero-order valence-electron chi connectivity index (χ0n) is 18.0. The average Bonchev–Trinajstić information content (AvgIpc) is 2.95. The molecule has 8 atom stereocenters. The van der Waals surface area contributed by atoms with Gasteiger partial charge in [0.15, 0.2) is 0 Å². The second-order valence-corrected chi connectivity index (χ2v) is 10.4. The lowest BCUT2D eigenvalue weighted by molar-refractivity contribution is -0.210. The van der Waals surface area contributed by atoms with Crippen molar-refractivity contribution in [3.8, 4) is 0 Å². The number of Topliss-reactive ketones (excluding diaryl/α,β-unsaturated/α-hetero) is 1. The van der Waals surface area contributed by atoms with Gasteiger partial charge in [0.1, 0.15) is 11.9 Å². The monoisotopic (exact) mass is 406 g/mol. The van der Waals surface area contributed by atoms with Gasteiger partial charge < -0.3 is 14.6 Å². The van der Waals surface area contributed by atoms with Crippen molar-refractivity contribution in [3.05, 3.63) is 0 Å². The van der Waals surface area contributed by atoms with E-state index in [1.807, 2.05) is 0 Å². The molecule has 0 aliphatic heterocycles. The molecule has 0 saturated heterocycles. The molecular formula is C23H34O6. The number of fused-ring (bicyclic) bond motifs is 5. The van der Waals surface area contributed by atoms with Crippen LogP contribution in [0.5, 0.6) is 0 Å². The number of carbonyl (C=O) groups is 3. The molecule has 6 heteroatoms. The molecule has 0 spiro atoms. The Morgan fingerprint density at radius 3 is 2.45 bits per heavy atom. The number of hydrogen-bond acceptors (Lipinski definition) is 6. The van der Waals surface area contributed by atoms with E-state index < -0.39 is 16.9 Å². The Morgan fingerprint density at radius 2 is 1.79 bits per heavy atom. The van der Waals surface area contributed by atoms with Gasteiger partial charge in [-0.15, -0.1) is 0 Å². The summed E-state index contributed by atoms with van der Waals surface area (Å²) in [7, 11) is 1.35. The Morgan fingerprint density at radius 1 is 1.07 bits per heavy atom. The maximum atomic E-state index is 13.5. The van der Waals surface area contributed by atoms with Gasteiger partial charge in [0.2, 0.25) is 0 Å². The molecule has 29 heavy (non-hydrogen) atoms. The van der Waals surface area contributed by atoms with Crippen LogP contribution in [0.4, 0.5) is 0 Å². The van der Waals surface area contributed by atoms with Gasteiger partial charge >= 0.3 is 11.9 Å². The van der Waals surface area contributed by atoms with E-state index in [1.165, 1.54) is 14.0 Å². The summed E-state index contributed by atoms with van der Waals surface area (Å²) < 4.78 is 10.5. The Hall–Kier alpha value is -1.43. The quantitative estimate of drug-likeness (QED) is 0.709. The lowest BCUT2D eigenvalue weighted by Crippen LogP contribution is -2.66. The minimum absolute atomic E-state index is 0.0122. The predicted octanol–water partition coefficient (Wildman–Crippen LogP) is 3.04. The van der Waals surface area contributed by atoms with Gasteiger partial charge in [0, 0.05) is 13.3 Å². The van der Waals surface area contributed by atoms with E-state index in [9.17, 15) is 19.5 Å². The van der Waals surface area contributed by atoms with Crippen LogP contribution in [0.2, 0.25) is 0 Å². The minimum atomic E-state index is -1.15. The zero-order chi connectivity index (χ0) is 21.2. The van der Waals surface area contributed by atoms with Crippen molar-refractivity contribution in [3.63, 3.8) is 0 Å². The summed E-state index contributed by atoms with van der Waals surface area (Å²) in [6.07, 6.45) is 5.73. The van der Waals surface area contributed by atoms with Crippen LogP contribution in [0.3, 0.4) is 0 Å². The first kappa shape index (κ1) is 20.8. The molecule has 0 unspecified atom stereocenters. The molecule has 0 bridgehead atoms. The van der Waals surface area contributed by atoms with Crippen LogP contribution < -0.4 is 0 Å². The first-order valence-corrected chi connectivity index (χ1v) is 11.1. The highest BCUT2D eigenvalue weighted by Crippen LogP contribution is 2.68. The van der Waals surface area contributed by atoms with E-state index in [2.05, 4.69) is 6.92 Å². The third-order valence-corrected chi connectivity index (χ3v) is 9.47. The van der Waals surface area contributed by atoms with Crippen molar-refractivity contribution in [2.45, 2.75) is 83.8 Å². The van der Waals surface area contributed by atoms with E-state index in [-0.39, 0.29) is 41.1 Å². The molecule has 4 fully saturated rings. The highest BCUT2D eigenvalue weighted by Gasteiger charge is 2.72. The van der Waals surface area contributed by atoms with E-state index in [4.69, 9.17) is 9.47 Å². The van der Waals surface area contributed by atoms with Gasteiger partial charge in [-0.3, -0.25) is 14.4 Å². The Bertz CT molecular complexity index is 733. The molecule has 4 aliphatic rings. The smallest absolute Gasteiger partial charge is 0.309 e. The molecule has 6 nitrogen and oxygen atoms in total. The molecule has 0 amide bonds. The molecule has 162 valence electrons. The van der Waals surface area contributed by atoms with Crippen LogP contribution in [-0.4, -0.2) is 41.6 Å². The molecule has 1 N–H and O–H groups in total. The van der Waals surface area contributed by atoms with E-state index in [0.29, 0.717) is 25.2 Å². The largest absolute Gasteiger partial charge is 0.469 e. The summed E-state index contributed by atoms with van der Waals surface area (Å²) in [4.78, 5) is 37.3. The number of aliphatic hydroxyl groups is 1. The fourth-order valence-electron chi connectivity index (χ4n) is 7.77. The number of carbonyl (C=O) groups excluding carboxylic acids is 3. The van der Waals surface area contributed by atoms with Crippen LogP contribution >= 0.6 is 0 Å². The molecule has 0 aromatic rings. The normalized spacial score (nSPS) is 48.9. The van der Waals surface area contributed by atoms with E-state index >= 15 is 0 Å². The second-order valence-electron chi connectivity index (χ2n) is 10.4. The minimum Gasteiger partial charge on any atom is -0.469 e. The lowest BCUT2D eigenvalue weighted by atomic mass is 9.43. The molecule has 4 saturated carbocycles. The first-order valence-electron chi connectivity index (χ1n) is 11.1. The molecular weight excluding hydrogens is 372 g/mol. The van der Waals surface area contributed by atoms with Crippen molar-refractivity contribution in [2.75, 3.05) is 7.11 Å². The van der Waals surface area contributed by atoms with Gasteiger partial charge in [0.25, 0.3) is 0 Å². The number of rotatable bonds is 2. The van der Waals surface area contributed by atoms with Crippen molar-refractivity contribution in [1.29, 1.82) is 0 Å². The molecule has 4 aliphatic carbocycles. The summed E-state index contributed by atoms with van der Waals surface area (Å²) in [6, 6.07) is 0. The summed E-state index contributed by atoms with van der Waals surface area (Å²) in [5.74, 6) is -0.635. The Kier molecular flexibility index (Phi) is 4.88. The summed E-state index contributed by atoms with van der Waals surface area (Å²) in [6.45, 7) is 5.52. The molecule has 0 radical (unpaired) electrons. The van der Waals surface area contributed by atoms with Crippen molar-refractivity contribution < 1.29 is 29.0 Å². The SMILES string of the molecule is COC(=O)[C@H]1CC[C@@]2(O)[C@@H]3CC[C@@H]4C[C@H](OC(C)=O)CC[C@]4(C)[C@H]3CC(=O)[C@]12C. The average molecular weight is 407 g/mol. The summed E-state index contributed by atoms with van der Waals surface area (Å²) >= 11 is 0. The zero-order valence-corrected chi connectivity index (χ0v) is 18.0. The number of methoxy groups -OCH3 is 1. The molecule has 0 aromatic carbocycles. The van der Waals surface area contributed by atoms with Gasteiger partial charge in [-0.1, -0.05) is 6.92 Å². The standard InChI is InChI=1S/C23H34O6/c1-13(24)29-15-7-9-21(2)14(11-15)5-6-16-18(21)12-19(25)22(3)17(20(26)28-4)8-10-23(16,22)27/h14-18,27H,5-12H2,1-4H3/t14-,15-,16-,17-,18+,21+,22+,23-/m1/s1. The lowest BCUT2D eigenvalue weighted by Gasteiger charge is -2.62. The molecule has 0 aromatic heterocycles. The van der Waals surface area contributed by atoms with Crippen molar-refractivity contribution in [1.82, 2.24) is 0 Å². The third kappa shape index (κ3) is 2.74. The van der Waals surface area contributed by atoms with Gasteiger partial charge in [-0.05, 0) is 75.0 Å². The Balaban J connectivity index is 1.64. The Labute approximate surface area is 172 Å². The number of ketones is 1. The number of esters is 2. The fourth-order valence-corrected chi connectivity index (χ4v) is 7.77. The molecule has 0 heterocycles. The first-order chi connectivity index (χ1) is 13.6. The van der Waals surface area contributed by atoms with Crippen LogP contribution in [-0.2, 0) is 23.9 Å². The second kappa shape index (κ2) is 6.79. The van der Waals surface area contributed by atoms with Crippen LogP contribution in [0.15, 0.2) is 0 Å². The van der Waals surface area contributed by atoms with Crippen LogP contribution in [0.1, 0.15) is 72.1 Å². The van der Waals surface area contributed by atoms with Gasteiger partial charge in [0.05, 0.1) is 24.0 Å². The highest BCUT2D eigenvalue weighted by molar-refractivity contribution is 5.93. The molecule has 4 rings (SSSR count). The number of ether oxygens (including phenoxy) is 2. The summed E-state index contributed by atoms with van der Waals surface area (Å²) in [5.41, 5.74) is -2.25. The van der Waals surface area contributed by atoms with E-state index in [0.717, 1.165) is 32.1 Å². The van der Waals surface area contributed by atoms with Crippen LogP contribution in [0, 0.1) is 34.5 Å². The number of hydrogen-bond donors (Lipinski definition) is 1.